The van der Waals surface area contributed by atoms with Crippen molar-refractivity contribution in [3.8, 4) is 11.5 Å². The van der Waals surface area contributed by atoms with Gasteiger partial charge >= 0.3 is 0 Å². The van der Waals surface area contributed by atoms with E-state index in [1.807, 2.05) is 38.1 Å². The molecule has 2 aromatic carbocycles. The Bertz CT molecular complexity index is 1120. The molecule has 0 bridgehead atoms. The number of fused-ring (bicyclic) bond motifs is 1. The summed E-state index contributed by atoms with van der Waals surface area (Å²) in [6.45, 7) is 3.72. The number of benzene rings is 2. The third-order valence-electron chi connectivity index (χ3n) is 5.18. The standard InChI is InChI=1S/C22H23N5O4/c1-13-5-4-6-14(2)21(13)25-20(29)11-31-17-8-7-15(9-18(17)30-3)16-10-19(28)26-22-23-12-24-27(16)22/h4-9,12,16H,10-11H2,1-3H3,(H,25,29)(H,23,24,26,28)/t16-/m1/s1. The van der Waals surface area contributed by atoms with Gasteiger partial charge in [0, 0.05) is 5.69 Å². The van der Waals surface area contributed by atoms with Crippen LogP contribution in [0.3, 0.4) is 0 Å². The summed E-state index contributed by atoms with van der Waals surface area (Å²) < 4.78 is 12.8. The molecule has 1 aromatic heterocycles. The van der Waals surface area contributed by atoms with Crippen molar-refractivity contribution in [3.05, 3.63) is 59.4 Å². The molecule has 2 N–H and O–H groups in total. The van der Waals surface area contributed by atoms with Crippen molar-refractivity contribution < 1.29 is 19.1 Å². The molecule has 3 aromatic rings. The third-order valence-corrected chi connectivity index (χ3v) is 5.18. The molecule has 4 rings (SSSR count). The highest BCUT2D eigenvalue weighted by Crippen LogP contribution is 2.35. The molecule has 1 aliphatic heterocycles. The van der Waals surface area contributed by atoms with E-state index in [0.29, 0.717) is 17.4 Å². The number of para-hydroxylation sites is 1. The fourth-order valence-electron chi connectivity index (χ4n) is 3.61. The van der Waals surface area contributed by atoms with Gasteiger partial charge in [-0.3, -0.25) is 14.9 Å². The zero-order valence-electron chi connectivity index (χ0n) is 17.5. The number of hydrogen-bond donors (Lipinski definition) is 2. The molecule has 0 spiro atoms. The van der Waals surface area contributed by atoms with Gasteiger partial charge in [0.1, 0.15) is 6.33 Å². The minimum absolute atomic E-state index is 0.132. The van der Waals surface area contributed by atoms with Crippen molar-refractivity contribution in [2.75, 3.05) is 24.4 Å². The number of rotatable bonds is 6. The van der Waals surface area contributed by atoms with Crippen LogP contribution in [0.2, 0.25) is 0 Å². The Balaban J connectivity index is 1.48. The Labute approximate surface area is 179 Å². The Morgan fingerprint density at radius 2 is 2.00 bits per heavy atom. The molecule has 0 radical (unpaired) electrons. The van der Waals surface area contributed by atoms with Crippen LogP contribution in [0.5, 0.6) is 11.5 Å². The lowest BCUT2D eigenvalue weighted by atomic mass is 10.0. The highest BCUT2D eigenvalue weighted by Gasteiger charge is 2.28. The smallest absolute Gasteiger partial charge is 0.262 e. The van der Waals surface area contributed by atoms with Gasteiger partial charge in [-0.25, -0.2) is 4.68 Å². The third kappa shape index (κ3) is 4.20. The first-order valence-corrected chi connectivity index (χ1v) is 9.82. The summed E-state index contributed by atoms with van der Waals surface area (Å²) in [5, 5.41) is 9.79. The molecule has 0 saturated heterocycles. The molecule has 0 saturated carbocycles. The number of carbonyl (C=O) groups is 2. The molecular formula is C22H23N5O4. The predicted molar refractivity (Wildman–Crippen MR) is 114 cm³/mol. The summed E-state index contributed by atoms with van der Waals surface area (Å²) in [5.41, 5.74) is 3.59. The van der Waals surface area contributed by atoms with E-state index in [9.17, 15) is 9.59 Å². The predicted octanol–water partition coefficient (Wildman–Crippen LogP) is 2.85. The van der Waals surface area contributed by atoms with Gasteiger partial charge in [0.15, 0.2) is 18.1 Å². The number of nitrogens with one attached hydrogen (secondary N) is 2. The summed E-state index contributed by atoms with van der Waals surface area (Å²) >= 11 is 0. The highest BCUT2D eigenvalue weighted by molar-refractivity contribution is 5.93. The van der Waals surface area contributed by atoms with Crippen LogP contribution in [0, 0.1) is 13.8 Å². The largest absolute Gasteiger partial charge is 0.493 e. The van der Waals surface area contributed by atoms with E-state index in [1.165, 1.54) is 13.4 Å². The Morgan fingerprint density at radius 1 is 1.23 bits per heavy atom. The molecule has 1 aliphatic rings. The van der Waals surface area contributed by atoms with E-state index in [0.717, 1.165) is 22.4 Å². The second-order valence-corrected chi connectivity index (χ2v) is 7.31. The van der Waals surface area contributed by atoms with Crippen LogP contribution in [0.1, 0.15) is 29.2 Å². The van der Waals surface area contributed by atoms with Crippen molar-refractivity contribution in [1.82, 2.24) is 14.8 Å². The second-order valence-electron chi connectivity index (χ2n) is 7.31. The first-order chi connectivity index (χ1) is 15.0. The van der Waals surface area contributed by atoms with Gasteiger partial charge in [-0.05, 0) is 42.7 Å². The Kier molecular flexibility index (Phi) is 5.57. The molecule has 160 valence electrons. The van der Waals surface area contributed by atoms with Crippen LogP contribution in [0.15, 0.2) is 42.7 Å². The van der Waals surface area contributed by atoms with Gasteiger partial charge in [-0.15, -0.1) is 0 Å². The second kappa shape index (κ2) is 8.47. The quantitative estimate of drug-likeness (QED) is 0.634. The lowest BCUT2D eigenvalue weighted by molar-refractivity contribution is -0.118. The number of anilines is 2. The maximum Gasteiger partial charge on any atom is 0.262 e. The number of aromatic nitrogens is 3. The first kappa shape index (κ1) is 20.4. The molecule has 0 unspecified atom stereocenters. The number of nitrogens with zero attached hydrogens (tertiary/aromatic N) is 3. The summed E-state index contributed by atoms with van der Waals surface area (Å²) in [5.74, 6) is 0.906. The van der Waals surface area contributed by atoms with Gasteiger partial charge in [-0.1, -0.05) is 24.3 Å². The molecule has 2 amide bonds. The number of carbonyl (C=O) groups excluding carboxylic acids is 2. The summed E-state index contributed by atoms with van der Waals surface area (Å²) in [4.78, 5) is 28.5. The minimum Gasteiger partial charge on any atom is -0.493 e. The molecule has 2 heterocycles. The molecule has 9 heteroatoms. The van der Waals surface area contributed by atoms with Crippen LogP contribution in [-0.4, -0.2) is 40.3 Å². The summed E-state index contributed by atoms with van der Waals surface area (Å²) in [6.07, 6.45) is 1.63. The fraction of sp³-hybridized carbons (Fsp3) is 0.273. The highest BCUT2D eigenvalue weighted by atomic mass is 16.5. The molecule has 9 nitrogen and oxygen atoms in total. The number of methoxy groups -OCH3 is 1. The minimum atomic E-state index is -0.304. The van der Waals surface area contributed by atoms with E-state index < -0.39 is 0 Å². The first-order valence-electron chi connectivity index (χ1n) is 9.82. The van der Waals surface area contributed by atoms with Crippen molar-refractivity contribution in [2.45, 2.75) is 26.3 Å². The monoisotopic (exact) mass is 421 g/mol. The van der Waals surface area contributed by atoms with Gasteiger partial charge in [-0.2, -0.15) is 10.1 Å². The van der Waals surface area contributed by atoms with E-state index >= 15 is 0 Å². The van der Waals surface area contributed by atoms with E-state index in [4.69, 9.17) is 9.47 Å². The normalized spacial score (nSPS) is 15.1. The lowest BCUT2D eigenvalue weighted by Crippen LogP contribution is -2.29. The molecule has 31 heavy (non-hydrogen) atoms. The van der Waals surface area contributed by atoms with Crippen LogP contribution in [0.4, 0.5) is 11.6 Å². The van der Waals surface area contributed by atoms with E-state index in [1.54, 1.807) is 16.8 Å². The van der Waals surface area contributed by atoms with Gasteiger partial charge < -0.3 is 14.8 Å². The molecule has 0 aliphatic carbocycles. The Hall–Kier alpha value is -3.88. The molecule has 0 fully saturated rings. The van der Waals surface area contributed by atoms with Gasteiger partial charge in [0.2, 0.25) is 11.9 Å². The van der Waals surface area contributed by atoms with Crippen molar-refractivity contribution in [1.29, 1.82) is 0 Å². The van der Waals surface area contributed by atoms with Crippen LogP contribution in [-0.2, 0) is 9.59 Å². The topological polar surface area (TPSA) is 107 Å². The van der Waals surface area contributed by atoms with Gasteiger partial charge in [0.25, 0.3) is 5.91 Å². The fourth-order valence-corrected chi connectivity index (χ4v) is 3.61. The zero-order chi connectivity index (χ0) is 22.0. The zero-order valence-corrected chi connectivity index (χ0v) is 17.5. The van der Waals surface area contributed by atoms with Crippen molar-refractivity contribution >= 4 is 23.5 Å². The Morgan fingerprint density at radius 3 is 2.74 bits per heavy atom. The van der Waals surface area contributed by atoms with E-state index in [-0.39, 0.29) is 30.9 Å². The number of ether oxygens (including phenoxy) is 2. The van der Waals surface area contributed by atoms with Crippen molar-refractivity contribution in [2.24, 2.45) is 0 Å². The SMILES string of the molecule is COc1cc([C@H]2CC(=O)Nc3ncnn32)ccc1OCC(=O)Nc1c(C)cccc1C. The number of amides is 2. The maximum atomic E-state index is 12.4. The average molecular weight is 421 g/mol. The number of hydrogen-bond acceptors (Lipinski definition) is 6. The summed E-state index contributed by atoms with van der Waals surface area (Å²) in [7, 11) is 1.53. The lowest BCUT2D eigenvalue weighted by Gasteiger charge is -2.24. The van der Waals surface area contributed by atoms with E-state index in [2.05, 4.69) is 20.7 Å². The maximum absolute atomic E-state index is 12.4. The molecule has 1 atom stereocenters. The number of aryl methyl sites for hydroxylation is 2. The molecular weight excluding hydrogens is 398 g/mol. The van der Waals surface area contributed by atoms with Crippen LogP contribution < -0.4 is 20.1 Å². The average Bonchev–Trinajstić information content (AvgIpc) is 3.22. The van der Waals surface area contributed by atoms with Crippen molar-refractivity contribution in [3.63, 3.8) is 0 Å². The van der Waals surface area contributed by atoms with Gasteiger partial charge in [0.05, 0.1) is 19.6 Å². The van der Waals surface area contributed by atoms with Crippen LogP contribution in [0.25, 0.3) is 0 Å². The summed E-state index contributed by atoms with van der Waals surface area (Å²) in [6, 6.07) is 10.9. The van der Waals surface area contributed by atoms with Crippen LogP contribution >= 0.6 is 0 Å².